The van der Waals surface area contributed by atoms with Crippen LogP contribution in [0.15, 0.2) is 54.7 Å². The van der Waals surface area contributed by atoms with Crippen molar-refractivity contribution in [3.63, 3.8) is 0 Å². The molecule has 0 aliphatic rings. The van der Waals surface area contributed by atoms with Gasteiger partial charge in [0.1, 0.15) is 5.75 Å². The molecule has 3 rings (SSSR count). The fourth-order valence-electron chi connectivity index (χ4n) is 3.30. The maximum Gasteiger partial charge on any atom is 0.256 e. The third kappa shape index (κ3) is 6.10. The van der Waals surface area contributed by atoms with E-state index in [-0.39, 0.29) is 5.91 Å². The molecule has 0 saturated heterocycles. The minimum absolute atomic E-state index is 0.158. The van der Waals surface area contributed by atoms with Crippen LogP contribution in [0.3, 0.4) is 0 Å². The first-order chi connectivity index (χ1) is 14.8. The van der Waals surface area contributed by atoms with Gasteiger partial charge in [-0.05, 0) is 62.7 Å². The maximum atomic E-state index is 12.8. The topological polar surface area (TPSA) is 89.9 Å². The molecule has 3 N–H and O–H groups in total. The van der Waals surface area contributed by atoms with Crippen LogP contribution in [0, 0.1) is 11.3 Å². The number of amides is 1. The monoisotopic (exact) mass is 404 g/mol. The Morgan fingerprint density at radius 2 is 1.87 bits per heavy atom. The van der Waals surface area contributed by atoms with Crippen molar-refractivity contribution in [3.8, 4) is 11.8 Å². The number of carbonyl (C=O) groups is 1. The van der Waals surface area contributed by atoms with Gasteiger partial charge in [0, 0.05) is 29.1 Å². The zero-order chi connectivity index (χ0) is 21.0. The van der Waals surface area contributed by atoms with Gasteiger partial charge in [0.2, 0.25) is 0 Å². The molecular formula is C24H28N4O2. The van der Waals surface area contributed by atoms with Crippen molar-refractivity contribution in [2.24, 2.45) is 0 Å². The number of unbranched alkanes of at least 4 members (excludes halogenated alkanes) is 3. The van der Waals surface area contributed by atoms with Crippen molar-refractivity contribution in [2.45, 2.75) is 32.1 Å². The Bertz CT molecular complexity index is 990. The summed E-state index contributed by atoms with van der Waals surface area (Å²) in [5.74, 6) is 0.512. The number of hydrogen-bond donors (Lipinski definition) is 3. The number of aromatic nitrogens is 1. The summed E-state index contributed by atoms with van der Waals surface area (Å²) in [4.78, 5) is 15.9. The first-order valence-electron chi connectivity index (χ1n) is 10.5. The number of hydrogen-bond acceptors (Lipinski definition) is 4. The molecule has 0 radical (unpaired) electrons. The van der Waals surface area contributed by atoms with E-state index >= 15 is 0 Å². The normalized spacial score (nSPS) is 10.6. The molecule has 3 aromatic rings. The minimum Gasteiger partial charge on any atom is -0.491 e. The van der Waals surface area contributed by atoms with Crippen LogP contribution >= 0.6 is 0 Å². The van der Waals surface area contributed by atoms with Gasteiger partial charge < -0.3 is 20.4 Å². The fourth-order valence-corrected chi connectivity index (χ4v) is 3.30. The molecular weight excluding hydrogens is 376 g/mol. The Morgan fingerprint density at radius 1 is 1.00 bits per heavy atom. The van der Waals surface area contributed by atoms with Gasteiger partial charge in [-0.3, -0.25) is 4.79 Å². The van der Waals surface area contributed by atoms with Crippen LogP contribution in [0.5, 0.6) is 5.75 Å². The molecule has 6 heteroatoms. The number of para-hydroxylation sites is 2. The average Bonchev–Trinajstić information content (AvgIpc) is 3.25. The molecule has 0 unspecified atom stereocenters. The van der Waals surface area contributed by atoms with Gasteiger partial charge in [0.05, 0.1) is 18.4 Å². The van der Waals surface area contributed by atoms with E-state index in [1.165, 1.54) is 0 Å². The molecule has 0 saturated carbocycles. The standard InChI is InChI=1S/C24H28N4O2/c25-14-5-1-2-6-15-26-16-8-18-30-23-12-4-3-10-22(23)28-24(29)20-9-7-11-21-19(20)13-17-27-21/h3-4,7,9-13,17,26-27H,1-2,5-6,8,15-16,18H2,(H,28,29). The summed E-state index contributed by atoms with van der Waals surface area (Å²) in [5, 5.41) is 15.8. The second-order valence-corrected chi connectivity index (χ2v) is 7.12. The first-order valence-corrected chi connectivity index (χ1v) is 10.5. The van der Waals surface area contributed by atoms with Crippen molar-refractivity contribution in [1.29, 1.82) is 5.26 Å². The van der Waals surface area contributed by atoms with E-state index in [0.29, 0.717) is 30.0 Å². The molecule has 0 aliphatic heterocycles. The SMILES string of the molecule is N#CCCCCCNCCCOc1ccccc1NC(=O)c1cccc2[nH]ccc12. The van der Waals surface area contributed by atoms with Crippen molar-refractivity contribution in [1.82, 2.24) is 10.3 Å². The molecule has 0 fully saturated rings. The van der Waals surface area contributed by atoms with E-state index in [1.54, 1.807) is 0 Å². The Kier molecular flexibility index (Phi) is 8.31. The predicted octanol–water partition coefficient (Wildman–Crippen LogP) is 4.86. The van der Waals surface area contributed by atoms with Crippen LogP contribution in [0.2, 0.25) is 0 Å². The molecule has 1 aromatic heterocycles. The van der Waals surface area contributed by atoms with E-state index in [9.17, 15) is 4.79 Å². The molecule has 0 atom stereocenters. The lowest BCUT2D eigenvalue weighted by atomic mass is 10.1. The molecule has 1 heterocycles. The van der Waals surface area contributed by atoms with Crippen LogP contribution < -0.4 is 15.4 Å². The summed E-state index contributed by atoms with van der Waals surface area (Å²) < 4.78 is 5.91. The highest BCUT2D eigenvalue weighted by atomic mass is 16.5. The van der Waals surface area contributed by atoms with E-state index in [2.05, 4.69) is 21.7 Å². The molecule has 0 spiro atoms. The average molecular weight is 405 g/mol. The number of ether oxygens (including phenoxy) is 1. The maximum absolute atomic E-state index is 12.8. The molecule has 0 bridgehead atoms. The molecule has 156 valence electrons. The summed E-state index contributed by atoms with van der Waals surface area (Å²) in [6.45, 7) is 2.41. The number of benzene rings is 2. The zero-order valence-corrected chi connectivity index (χ0v) is 17.1. The number of carbonyl (C=O) groups excluding carboxylic acids is 1. The minimum atomic E-state index is -0.158. The van der Waals surface area contributed by atoms with E-state index in [1.807, 2.05) is 54.7 Å². The van der Waals surface area contributed by atoms with Crippen LogP contribution in [-0.2, 0) is 0 Å². The van der Waals surface area contributed by atoms with Gasteiger partial charge in [0.15, 0.2) is 0 Å². The van der Waals surface area contributed by atoms with Crippen LogP contribution in [-0.4, -0.2) is 30.6 Å². The lowest BCUT2D eigenvalue weighted by Crippen LogP contribution is -2.19. The second kappa shape index (κ2) is 11.6. The highest BCUT2D eigenvalue weighted by Gasteiger charge is 2.13. The smallest absolute Gasteiger partial charge is 0.256 e. The lowest BCUT2D eigenvalue weighted by molar-refractivity contribution is 0.102. The number of H-pyrrole nitrogens is 1. The van der Waals surface area contributed by atoms with Gasteiger partial charge in [-0.2, -0.15) is 5.26 Å². The first kappa shape index (κ1) is 21.4. The lowest BCUT2D eigenvalue weighted by Gasteiger charge is -2.13. The Labute approximate surface area is 177 Å². The molecule has 0 aliphatic carbocycles. The number of fused-ring (bicyclic) bond motifs is 1. The summed E-state index contributed by atoms with van der Waals surface area (Å²) in [6, 6.07) is 17.2. The zero-order valence-electron chi connectivity index (χ0n) is 17.1. The molecule has 2 aromatic carbocycles. The number of nitrogens with zero attached hydrogens (tertiary/aromatic N) is 1. The van der Waals surface area contributed by atoms with Crippen LogP contribution in [0.4, 0.5) is 5.69 Å². The van der Waals surface area contributed by atoms with Gasteiger partial charge >= 0.3 is 0 Å². The van der Waals surface area contributed by atoms with E-state index < -0.39 is 0 Å². The fraction of sp³-hybridized carbons (Fsp3) is 0.333. The number of rotatable bonds is 12. The Hall–Kier alpha value is -3.30. The van der Waals surface area contributed by atoms with Crippen molar-refractivity contribution in [2.75, 3.05) is 25.0 Å². The molecule has 6 nitrogen and oxygen atoms in total. The highest BCUT2D eigenvalue weighted by molar-refractivity contribution is 6.12. The Balaban J connectivity index is 1.45. The number of anilines is 1. The van der Waals surface area contributed by atoms with Crippen molar-refractivity contribution < 1.29 is 9.53 Å². The number of nitrogens with one attached hydrogen (secondary N) is 3. The van der Waals surface area contributed by atoms with Gasteiger partial charge in [-0.15, -0.1) is 0 Å². The van der Waals surface area contributed by atoms with Gasteiger partial charge in [-0.25, -0.2) is 0 Å². The van der Waals surface area contributed by atoms with Gasteiger partial charge in [-0.1, -0.05) is 24.6 Å². The Morgan fingerprint density at radius 3 is 2.77 bits per heavy atom. The van der Waals surface area contributed by atoms with E-state index in [0.717, 1.165) is 49.7 Å². The number of nitriles is 1. The third-order valence-corrected chi connectivity index (χ3v) is 4.87. The summed E-state index contributed by atoms with van der Waals surface area (Å²) in [6.07, 6.45) is 6.50. The molecule has 1 amide bonds. The largest absolute Gasteiger partial charge is 0.491 e. The van der Waals surface area contributed by atoms with Crippen LogP contribution in [0.1, 0.15) is 42.5 Å². The summed E-state index contributed by atoms with van der Waals surface area (Å²) in [7, 11) is 0. The quantitative estimate of drug-likeness (QED) is 0.376. The second-order valence-electron chi connectivity index (χ2n) is 7.12. The van der Waals surface area contributed by atoms with Crippen molar-refractivity contribution >= 4 is 22.5 Å². The van der Waals surface area contributed by atoms with E-state index in [4.69, 9.17) is 10.00 Å². The molecule has 30 heavy (non-hydrogen) atoms. The van der Waals surface area contributed by atoms with Crippen molar-refractivity contribution in [3.05, 3.63) is 60.3 Å². The number of aromatic amines is 1. The predicted molar refractivity (Wildman–Crippen MR) is 120 cm³/mol. The van der Waals surface area contributed by atoms with Crippen LogP contribution in [0.25, 0.3) is 10.9 Å². The third-order valence-electron chi connectivity index (χ3n) is 4.87. The van der Waals surface area contributed by atoms with Gasteiger partial charge in [0.25, 0.3) is 5.91 Å². The summed E-state index contributed by atoms with van der Waals surface area (Å²) in [5.41, 5.74) is 2.23. The summed E-state index contributed by atoms with van der Waals surface area (Å²) >= 11 is 0. The highest BCUT2D eigenvalue weighted by Crippen LogP contribution is 2.26.